The minimum atomic E-state index is -4.42. The van der Waals surface area contributed by atoms with E-state index in [1.54, 1.807) is 48.7 Å². The van der Waals surface area contributed by atoms with Gasteiger partial charge in [0.25, 0.3) is 5.91 Å². The maximum Gasteiger partial charge on any atom is 0.416 e. The number of nitrogens with zero attached hydrogens (tertiary/aromatic N) is 1. The van der Waals surface area contributed by atoms with Gasteiger partial charge in [0.2, 0.25) is 0 Å². The zero-order valence-corrected chi connectivity index (χ0v) is 19.2. The van der Waals surface area contributed by atoms with Crippen LogP contribution >= 0.6 is 11.6 Å². The summed E-state index contributed by atoms with van der Waals surface area (Å²) < 4.78 is 38.7. The van der Waals surface area contributed by atoms with E-state index in [1.165, 1.54) is 12.1 Å². The molecule has 4 aromatic rings. The molecule has 0 saturated carbocycles. The number of aromatic nitrogens is 1. The molecule has 4 rings (SSSR count). The number of benzene rings is 3. The largest absolute Gasteiger partial charge is 0.416 e. The van der Waals surface area contributed by atoms with Gasteiger partial charge in [0.15, 0.2) is 0 Å². The van der Waals surface area contributed by atoms with Gasteiger partial charge in [-0.1, -0.05) is 48.0 Å². The van der Waals surface area contributed by atoms with Crippen molar-refractivity contribution in [3.8, 4) is 11.1 Å². The molecule has 0 bridgehead atoms. The highest BCUT2D eigenvalue weighted by Crippen LogP contribution is 2.32. The Labute approximate surface area is 205 Å². The number of rotatable bonds is 7. The first-order valence-electron chi connectivity index (χ1n) is 10.8. The molecule has 1 aromatic heterocycles. The molecule has 0 spiro atoms. The highest BCUT2D eigenvalue weighted by molar-refractivity contribution is 6.33. The SMILES string of the molecule is O=C(Nc1ccc(NCCc2ccccn2)c(Cl)c1)c1ccccc1-c1ccc(C(F)(F)F)cc1. The van der Waals surface area contributed by atoms with Crippen LogP contribution in [0.15, 0.2) is 91.1 Å². The van der Waals surface area contributed by atoms with Crippen molar-refractivity contribution >= 4 is 28.9 Å². The van der Waals surface area contributed by atoms with Gasteiger partial charge < -0.3 is 10.6 Å². The second kappa shape index (κ2) is 10.6. The normalized spacial score (nSPS) is 11.2. The Morgan fingerprint density at radius 3 is 2.34 bits per heavy atom. The Hall–Kier alpha value is -3.84. The smallest absolute Gasteiger partial charge is 0.383 e. The summed E-state index contributed by atoms with van der Waals surface area (Å²) in [5, 5.41) is 6.51. The predicted octanol–water partition coefficient (Wildman–Crippen LogP) is 7.33. The Morgan fingerprint density at radius 2 is 1.66 bits per heavy atom. The molecule has 3 aromatic carbocycles. The van der Waals surface area contributed by atoms with Crippen molar-refractivity contribution in [1.29, 1.82) is 0 Å². The monoisotopic (exact) mass is 495 g/mol. The van der Waals surface area contributed by atoms with Crippen LogP contribution in [-0.2, 0) is 12.6 Å². The molecule has 35 heavy (non-hydrogen) atoms. The minimum Gasteiger partial charge on any atom is -0.383 e. The van der Waals surface area contributed by atoms with Gasteiger partial charge in [-0.3, -0.25) is 9.78 Å². The van der Waals surface area contributed by atoms with E-state index in [-0.39, 0.29) is 0 Å². The first kappa shape index (κ1) is 24.3. The standard InChI is InChI=1S/C27H21ClF3N3O/c28-24-17-21(12-13-25(24)33-16-14-20-5-3-4-15-32-20)34-26(35)23-7-2-1-6-22(23)18-8-10-19(11-9-18)27(29,30)31/h1-13,15,17,33H,14,16H2,(H,34,35). The number of halogens is 4. The first-order chi connectivity index (χ1) is 16.8. The molecule has 8 heteroatoms. The molecule has 2 N–H and O–H groups in total. The van der Waals surface area contributed by atoms with Crippen molar-refractivity contribution in [3.63, 3.8) is 0 Å². The molecule has 0 unspecified atom stereocenters. The van der Waals surface area contributed by atoms with E-state index in [0.29, 0.717) is 33.9 Å². The highest BCUT2D eigenvalue weighted by Gasteiger charge is 2.30. The Balaban J connectivity index is 1.45. The average Bonchev–Trinajstić information content (AvgIpc) is 2.85. The van der Waals surface area contributed by atoms with E-state index in [9.17, 15) is 18.0 Å². The van der Waals surface area contributed by atoms with E-state index in [4.69, 9.17) is 11.6 Å². The summed E-state index contributed by atoms with van der Waals surface area (Å²) in [6, 6.07) is 22.4. The number of carbonyl (C=O) groups is 1. The number of alkyl halides is 3. The third-order valence-electron chi connectivity index (χ3n) is 5.34. The van der Waals surface area contributed by atoms with Crippen LogP contribution in [0, 0.1) is 0 Å². The number of nitrogens with one attached hydrogen (secondary N) is 2. The molecule has 0 atom stereocenters. The predicted molar refractivity (Wildman–Crippen MR) is 133 cm³/mol. The number of carbonyl (C=O) groups excluding carboxylic acids is 1. The summed E-state index contributed by atoms with van der Waals surface area (Å²) in [7, 11) is 0. The van der Waals surface area contributed by atoms with Crippen LogP contribution in [0.25, 0.3) is 11.1 Å². The van der Waals surface area contributed by atoms with E-state index in [1.807, 2.05) is 18.2 Å². The molecule has 0 aliphatic rings. The summed E-state index contributed by atoms with van der Waals surface area (Å²) in [6.45, 7) is 0.642. The van der Waals surface area contributed by atoms with Crippen LogP contribution < -0.4 is 10.6 Å². The first-order valence-corrected chi connectivity index (χ1v) is 11.2. The summed E-state index contributed by atoms with van der Waals surface area (Å²) in [5.41, 5.74) is 2.81. The molecule has 1 heterocycles. The molecule has 0 radical (unpaired) electrons. The number of hydrogen-bond acceptors (Lipinski definition) is 3. The van der Waals surface area contributed by atoms with Crippen LogP contribution in [0.1, 0.15) is 21.6 Å². The van der Waals surface area contributed by atoms with Crippen molar-refractivity contribution < 1.29 is 18.0 Å². The van der Waals surface area contributed by atoms with Gasteiger partial charge in [-0.15, -0.1) is 0 Å². The van der Waals surface area contributed by atoms with Gasteiger partial charge in [-0.2, -0.15) is 13.2 Å². The van der Waals surface area contributed by atoms with Crippen LogP contribution in [0.2, 0.25) is 5.02 Å². The van der Waals surface area contributed by atoms with Crippen LogP contribution in [-0.4, -0.2) is 17.4 Å². The van der Waals surface area contributed by atoms with Crippen molar-refractivity contribution in [2.75, 3.05) is 17.2 Å². The number of anilines is 2. The fourth-order valence-corrected chi connectivity index (χ4v) is 3.82. The molecule has 4 nitrogen and oxygen atoms in total. The van der Waals surface area contributed by atoms with Gasteiger partial charge >= 0.3 is 6.18 Å². The van der Waals surface area contributed by atoms with Crippen LogP contribution in [0.4, 0.5) is 24.5 Å². The maximum atomic E-state index is 13.0. The minimum absolute atomic E-state index is 0.334. The van der Waals surface area contributed by atoms with Gasteiger partial charge in [-0.25, -0.2) is 0 Å². The van der Waals surface area contributed by atoms with E-state index < -0.39 is 17.6 Å². The lowest BCUT2D eigenvalue weighted by Gasteiger charge is -2.13. The van der Waals surface area contributed by atoms with Gasteiger partial charge in [0.1, 0.15) is 0 Å². The number of hydrogen-bond donors (Lipinski definition) is 2. The lowest BCUT2D eigenvalue weighted by atomic mass is 9.98. The lowest BCUT2D eigenvalue weighted by molar-refractivity contribution is -0.137. The second-order valence-corrected chi connectivity index (χ2v) is 8.17. The Morgan fingerprint density at radius 1 is 0.914 bits per heavy atom. The summed E-state index contributed by atoms with van der Waals surface area (Å²) in [5.74, 6) is -0.396. The van der Waals surface area contributed by atoms with E-state index >= 15 is 0 Å². The van der Waals surface area contributed by atoms with E-state index in [2.05, 4.69) is 15.6 Å². The van der Waals surface area contributed by atoms with Gasteiger partial charge in [0, 0.05) is 36.1 Å². The molecular formula is C27H21ClF3N3O. The topological polar surface area (TPSA) is 54.0 Å². The number of pyridine rings is 1. The van der Waals surface area contributed by atoms with Crippen molar-refractivity contribution in [3.05, 3.63) is 113 Å². The Kier molecular flexibility index (Phi) is 7.36. The highest BCUT2D eigenvalue weighted by atomic mass is 35.5. The third kappa shape index (κ3) is 6.19. The lowest BCUT2D eigenvalue weighted by Crippen LogP contribution is -2.13. The van der Waals surface area contributed by atoms with Gasteiger partial charge in [-0.05, 0) is 59.7 Å². The van der Waals surface area contributed by atoms with Crippen LogP contribution in [0.5, 0.6) is 0 Å². The molecular weight excluding hydrogens is 475 g/mol. The molecule has 0 aliphatic carbocycles. The molecule has 1 amide bonds. The van der Waals surface area contributed by atoms with Crippen molar-refractivity contribution in [1.82, 2.24) is 4.98 Å². The third-order valence-corrected chi connectivity index (χ3v) is 5.66. The molecule has 178 valence electrons. The van der Waals surface area contributed by atoms with Crippen molar-refractivity contribution in [2.45, 2.75) is 12.6 Å². The fourth-order valence-electron chi connectivity index (χ4n) is 3.58. The maximum absolute atomic E-state index is 13.0. The Bertz CT molecular complexity index is 1310. The summed E-state index contributed by atoms with van der Waals surface area (Å²) >= 11 is 6.40. The molecule has 0 fully saturated rings. The zero-order valence-electron chi connectivity index (χ0n) is 18.4. The average molecular weight is 496 g/mol. The molecule has 0 saturated heterocycles. The molecule has 0 aliphatic heterocycles. The fraction of sp³-hybridized carbons (Fsp3) is 0.111. The van der Waals surface area contributed by atoms with Crippen molar-refractivity contribution in [2.24, 2.45) is 0 Å². The number of amides is 1. The zero-order chi connectivity index (χ0) is 24.8. The summed E-state index contributed by atoms with van der Waals surface area (Å²) in [4.78, 5) is 17.3. The van der Waals surface area contributed by atoms with Crippen LogP contribution in [0.3, 0.4) is 0 Å². The quantitative estimate of drug-likeness (QED) is 0.282. The van der Waals surface area contributed by atoms with Gasteiger partial charge in [0.05, 0.1) is 16.3 Å². The second-order valence-electron chi connectivity index (χ2n) is 7.77. The summed E-state index contributed by atoms with van der Waals surface area (Å²) in [6.07, 6.45) is -1.94. The van der Waals surface area contributed by atoms with E-state index in [0.717, 1.165) is 29.9 Å².